The molecule has 0 fully saturated rings. The zero-order valence-electron chi connectivity index (χ0n) is 11.1. The molecule has 4 nitrogen and oxygen atoms in total. The summed E-state index contributed by atoms with van der Waals surface area (Å²) >= 11 is 1.46. The zero-order chi connectivity index (χ0) is 14.2. The maximum absolute atomic E-state index is 5.80. The molecule has 3 aromatic heterocycles. The third-order valence-corrected chi connectivity index (χ3v) is 4.13. The molecular weight excluding hydrogens is 280 g/mol. The third-order valence-electron chi connectivity index (χ3n) is 3.45. The van der Waals surface area contributed by atoms with Crippen molar-refractivity contribution in [1.82, 2.24) is 15.0 Å². The summed E-state index contributed by atoms with van der Waals surface area (Å²) in [6.45, 7) is 0. The first-order chi connectivity index (χ1) is 10.3. The van der Waals surface area contributed by atoms with Crippen LogP contribution in [-0.4, -0.2) is 15.0 Å². The molecule has 4 aromatic rings. The molecule has 0 aliphatic heterocycles. The third kappa shape index (κ3) is 1.98. The highest BCUT2D eigenvalue weighted by molar-refractivity contribution is 7.13. The van der Waals surface area contributed by atoms with E-state index in [9.17, 15) is 0 Å². The molecule has 3 N–H and O–H groups in total. The Morgan fingerprint density at radius 3 is 2.62 bits per heavy atom. The van der Waals surface area contributed by atoms with E-state index in [2.05, 4.69) is 27.1 Å². The van der Waals surface area contributed by atoms with Gasteiger partial charge in [0.1, 0.15) is 0 Å². The molecule has 102 valence electrons. The first kappa shape index (κ1) is 12.1. The van der Waals surface area contributed by atoms with Crippen LogP contribution >= 0.6 is 11.3 Å². The largest absolute Gasteiger partial charge is 0.375 e. The lowest BCUT2D eigenvalue weighted by Gasteiger charge is -2.02. The van der Waals surface area contributed by atoms with E-state index >= 15 is 0 Å². The molecule has 0 amide bonds. The van der Waals surface area contributed by atoms with Crippen molar-refractivity contribution in [1.29, 1.82) is 0 Å². The predicted octanol–water partition coefficient (Wildman–Crippen LogP) is 3.94. The van der Waals surface area contributed by atoms with Crippen molar-refractivity contribution >= 4 is 27.4 Å². The number of anilines is 1. The molecule has 4 rings (SSSR count). The number of nitrogens with zero attached hydrogens (tertiary/aromatic N) is 2. The van der Waals surface area contributed by atoms with Gasteiger partial charge in [-0.05, 0) is 18.2 Å². The minimum atomic E-state index is 0.580. The molecular formula is C16H12N4S. The molecule has 5 heteroatoms. The Morgan fingerprint density at radius 2 is 1.86 bits per heavy atom. The van der Waals surface area contributed by atoms with Gasteiger partial charge in [0.15, 0.2) is 5.13 Å². The molecule has 21 heavy (non-hydrogen) atoms. The first-order valence-corrected chi connectivity index (χ1v) is 7.43. The van der Waals surface area contributed by atoms with E-state index in [1.807, 2.05) is 29.6 Å². The summed E-state index contributed by atoms with van der Waals surface area (Å²) in [7, 11) is 0. The monoisotopic (exact) mass is 292 g/mol. The van der Waals surface area contributed by atoms with Gasteiger partial charge in [0.2, 0.25) is 0 Å². The highest BCUT2D eigenvalue weighted by Crippen LogP contribution is 2.38. The number of hydrogen-bond acceptors (Lipinski definition) is 4. The molecule has 0 saturated carbocycles. The molecule has 0 unspecified atom stereocenters. The smallest absolute Gasteiger partial charge is 0.180 e. The fourth-order valence-corrected chi connectivity index (χ4v) is 3.10. The van der Waals surface area contributed by atoms with Gasteiger partial charge >= 0.3 is 0 Å². The van der Waals surface area contributed by atoms with Crippen LogP contribution in [0, 0.1) is 0 Å². The number of benzene rings is 1. The second kappa shape index (κ2) is 4.71. The molecule has 0 bridgehead atoms. The average Bonchev–Trinajstić information content (AvgIpc) is 3.11. The fraction of sp³-hybridized carbons (Fsp3) is 0. The van der Waals surface area contributed by atoms with E-state index in [1.54, 1.807) is 12.4 Å². The number of fused-ring (bicyclic) bond motifs is 1. The van der Waals surface area contributed by atoms with Crippen molar-refractivity contribution in [3.05, 3.63) is 54.2 Å². The van der Waals surface area contributed by atoms with E-state index in [4.69, 9.17) is 5.73 Å². The van der Waals surface area contributed by atoms with Gasteiger partial charge in [-0.2, -0.15) is 0 Å². The Hall–Kier alpha value is -2.66. The van der Waals surface area contributed by atoms with E-state index in [1.165, 1.54) is 11.3 Å². The zero-order valence-corrected chi connectivity index (χ0v) is 11.9. The van der Waals surface area contributed by atoms with E-state index in [0.29, 0.717) is 5.13 Å². The molecule has 0 saturated heterocycles. The van der Waals surface area contributed by atoms with Crippen LogP contribution in [0.5, 0.6) is 0 Å². The summed E-state index contributed by atoms with van der Waals surface area (Å²) in [6, 6.07) is 12.2. The summed E-state index contributed by atoms with van der Waals surface area (Å²) in [5.41, 5.74) is 11.0. The number of aromatic amines is 1. The highest BCUT2D eigenvalue weighted by Gasteiger charge is 2.16. The maximum atomic E-state index is 5.80. The lowest BCUT2D eigenvalue weighted by molar-refractivity contribution is 1.32. The van der Waals surface area contributed by atoms with Crippen LogP contribution in [0.25, 0.3) is 33.4 Å². The van der Waals surface area contributed by atoms with Gasteiger partial charge < -0.3 is 10.7 Å². The van der Waals surface area contributed by atoms with E-state index < -0.39 is 0 Å². The number of rotatable bonds is 2. The molecule has 0 aliphatic carbocycles. The lowest BCUT2D eigenvalue weighted by atomic mass is 10.0. The topological polar surface area (TPSA) is 67.6 Å². The van der Waals surface area contributed by atoms with Gasteiger partial charge in [-0.1, -0.05) is 18.2 Å². The summed E-state index contributed by atoms with van der Waals surface area (Å²) in [5, 5.41) is 3.72. The molecule has 0 aliphatic rings. The Labute approximate surface area is 125 Å². The SMILES string of the molecule is Nc1nc(-c2c(-c3ccncc3)[nH]c3ccccc23)cs1. The van der Waals surface area contributed by atoms with Gasteiger partial charge in [-0.3, -0.25) is 4.98 Å². The normalized spacial score (nSPS) is 11.0. The van der Waals surface area contributed by atoms with Crippen molar-refractivity contribution in [3.63, 3.8) is 0 Å². The van der Waals surface area contributed by atoms with Crippen molar-refractivity contribution in [2.24, 2.45) is 0 Å². The lowest BCUT2D eigenvalue weighted by Crippen LogP contribution is -1.85. The number of H-pyrrole nitrogens is 1. The van der Waals surface area contributed by atoms with Crippen LogP contribution < -0.4 is 5.73 Å². The Kier molecular flexibility index (Phi) is 2.72. The summed E-state index contributed by atoms with van der Waals surface area (Å²) in [5.74, 6) is 0. The number of pyridine rings is 1. The second-order valence-electron chi connectivity index (χ2n) is 4.73. The second-order valence-corrected chi connectivity index (χ2v) is 5.62. The van der Waals surface area contributed by atoms with Gasteiger partial charge in [0.05, 0.1) is 11.4 Å². The van der Waals surface area contributed by atoms with Crippen molar-refractivity contribution in [2.45, 2.75) is 0 Å². The maximum Gasteiger partial charge on any atom is 0.180 e. The average molecular weight is 292 g/mol. The number of nitrogens with one attached hydrogen (secondary N) is 1. The molecule has 3 heterocycles. The number of nitrogens with two attached hydrogens (primary N) is 1. The van der Waals surface area contributed by atoms with Gasteiger partial charge in [-0.15, -0.1) is 11.3 Å². The first-order valence-electron chi connectivity index (χ1n) is 6.55. The summed E-state index contributed by atoms with van der Waals surface area (Å²) in [6.07, 6.45) is 3.58. The number of para-hydroxylation sites is 1. The van der Waals surface area contributed by atoms with Crippen LogP contribution in [0.3, 0.4) is 0 Å². The van der Waals surface area contributed by atoms with Crippen LogP contribution in [0.15, 0.2) is 54.2 Å². The van der Waals surface area contributed by atoms with Gasteiger partial charge in [0.25, 0.3) is 0 Å². The molecule has 0 radical (unpaired) electrons. The van der Waals surface area contributed by atoms with E-state index in [-0.39, 0.29) is 0 Å². The quantitative estimate of drug-likeness (QED) is 0.588. The minimum Gasteiger partial charge on any atom is -0.375 e. The highest BCUT2D eigenvalue weighted by atomic mass is 32.1. The summed E-state index contributed by atoms with van der Waals surface area (Å²) in [4.78, 5) is 12.0. The molecule has 0 atom stereocenters. The Morgan fingerprint density at radius 1 is 1.05 bits per heavy atom. The van der Waals surface area contributed by atoms with Gasteiger partial charge in [0, 0.05) is 39.8 Å². The Balaban J connectivity index is 2.06. The van der Waals surface area contributed by atoms with Crippen LogP contribution in [-0.2, 0) is 0 Å². The number of thiazole rings is 1. The number of nitrogen functional groups attached to an aromatic ring is 1. The van der Waals surface area contributed by atoms with Crippen molar-refractivity contribution < 1.29 is 0 Å². The molecule has 0 spiro atoms. The number of hydrogen-bond donors (Lipinski definition) is 2. The summed E-state index contributed by atoms with van der Waals surface area (Å²) < 4.78 is 0. The minimum absolute atomic E-state index is 0.580. The fourth-order valence-electron chi connectivity index (χ4n) is 2.55. The van der Waals surface area contributed by atoms with Gasteiger partial charge in [-0.25, -0.2) is 4.98 Å². The van der Waals surface area contributed by atoms with Crippen molar-refractivity contribution in [2.75, 3.05) is 5.73 Å². The van der Waals surface area contributed by atoms with Crippen LogP contribution in [0.1, 0.15) is 0 Å². The predicted molar refractivity (Wildman–Crippen MR) is 87.1 cm³/mol. The number of aromatic nitrogens is 3. The van der Waals surface area contributed by atoms with Crippen LogP contribution in [0.4, 0.5) is 5.13 Å². The van der Waals surface area contributed by atoms with Crippen molar-refractivity contribution in [3.8, 4) is 22.5 Å². The van der Waals surface area contributed by atoms with Crippen LogP contribution in [0.2, 0.25) is 0 Å². The van der Waals surface area contributed by atoms with E-state index in [0.717, 1.165) is 33.4 Å². The standard InChI is InChI=1S/C16H12N4S/c17-16-20-13(9-21-16)14-11-3-1-2-4-12(11)19-15(14)10-5-7-18-8-6-10/h1-9,19H,(H2,17,20). The molecule has 1 aromatic carbocycles. The Bertz CT molecular complexity index is 908.